The van der Waals surface area contributed by atoms with E-state index in [2.05, 4.69) is 86.8 Å². The number of rotatable bonds is 60. The molecule has 0 saturated heterocycles. The second-order valence-electron chi connectivity index (χ2n) is 23.6. The molecule has 1 amide bonds. The Labute approximate surface area is 489 Å². The minimum atomic E-state index is -4.46. The molecule has 9 nitrogen and oxygen atoms in total. The van der Waals surface area contributed by atoms with Crippen LogP contribution in [0.25, 0.3) is 0 Å². The summed E-state index contributed by atoms with van der Waals surface area (Å²) in [5.74, 6) is -0.516. The Morgan fingerprint density at radius 1 is 0.443 bits per heavy atom. The minimum absolute atomic E-state index is 0.0354. The Morgan fingerprint density at radius 2 is 0.772 bits per heavy atom. The molecule has 0 aromatic heterocycles. The van der Waals surface area contributed by atoms with Crippen molar-refractivity contribution < 1.29 is 37.3 Å². The third-order valence-electron chi connectivity index (χ3n) is 14.6. The predicted octanol–water partition coefficient (Wildman–Crippen LogP) is 20.8. The fourth-order valence-corrected chi connectivity index (χ4v) is 10.2. The van der Waals surface area contributed by atoms with Crippen LogP contribution in [0.2, 0.25) is 0 Å². The van der Waals surface area contributed by atoms with Gasteiger partial charge in [0.2, 0.25) is 5.91 Å². The van der Waals surface area contributed by atoms with Gasteiger partial charge >= 0.3 is 13.8 Å². The molecule has 0 aliphatic heterocycles. The number of carbonyl (C=O) groups is 2. The molecule has 0 rings (SSSR count). The van der Waals surface area contributed by atoms with E-state index in [4.69, 9.17) is 13.8 Å². The number of amides is 1. The highest BCUT2D eigenvalue weighted by Gasteiger charge is 2.30. The number of hydrogen-bond donors (Lipinski definition) is 2. The average Bonchev–Trinajstić information content (AvgIpc) is 3.41. The van der Waals surface area contributed by atoms with Crippen LogP contribution in [-0.2, 0) is 27.9 Å². The highest BCUT2D eigenvalue weighted by Crippen LogP contribution is 2.43. The summed E-state index contributed by atoms with van der Waals surface area (Å²) in [6.07, 6.45) is 76.1. The molecule has 0 aromatic rings. The third kappa shape index (κ3) is 59.9. The SMILES string of the molecule is CCCCC/C=C\C/C=C\C/C=C\C/C=C\CCCCCCCCCC(=O)NC(COP(=O)(O)OCC[N+](C)(C)C)C(/C=C\CCCCCCCCCCCCC)OC(=O)CCCCCCCCC/C=C/CCCCCCCC. The van der Waals surface area contributed by atoms with Crippen LogP contribution in [0.5, 0.6) is 0 Å². The lowest BCUT2D eigenvalue weighted by Crippen LogP contribution is -2.47. The lowest BCUT2D eigenvalue weighted by atomic mass is 10.0. The van der Waals surface area contributed by atoms with Crippen LogP contribution in [-0.4, -0.2) is 74.3 Å². The first-order valence-corrected chi connectivity index (χ1v) is 34.8. The number of quaternary nitrogens is 1. The van der Waals surface area contributed by atoms with Gasteiger partial charge in [-0.1, -0.05) is 261 Å². The van der Waals surface area contributed by atoms with Gasteiger partial charge < -0.3 is 19.4 Å². The summed E-state index contributed by atoms with van der Waals surface area (Å²) in [5, 5.41) is 3.06. The van der Waals surface area contributed by atoms with Crippen molar-refractivity contribution >= 4 is 19.7 Å². The van der Waals surface area contributed by atoms with Gasteiger partial charge in [0.1, 0.15) is 19.3 Å². The van der Waals surface area contributed by atoms with Crippen LogP contribution in [0.15, 0.2) is 72.9 Å². The average molecular weight is 1130 g/mol. The second kappa shape index (κ2) is 58.6. The number of ether oxygens (including phenoxy) is 1. The fourth-order valence-electron chi connectivity index (χ4n) is 9.45. The molecular formula is C69H128N2O7P+. The van der Waals surface area contributed by atoms with Crippen LogP contribution >= 0.6 is 7.82 Å². The highest BCUT2D eigenvalue weighted by molar-refractivity contribution is 7.47. The zero-order valence-corrected chi connectivity index (χ0v) is 53.5. The van der Waals surface area contributed by atoms with E-state index in [1.165, 1.54) is 167 Å². The number of nitrogens with one attached hydrogen (secondary N) is 1. The van der Waals surface area contributed by atoms with Crippen molar-refractivity contribution in [2.24, 2.45) is 0 Å². The molecule has 2 N–H and O–H groups in total. The lowest BCUT2D eigenvalue weighted by Gasteiger charge is -2.27. The summed E-state index contributed by atoms with van der Waals surface area (Å²) in [4.78, 5) is 37.8. The van der Waals surface area contributed by atoms with E-state index in [-0.39, 0.29) is 31.5 Å². The van der Waals surface area contributed by atoms with Crippen molar-refractivity contribution in [3.63, 3.8) is 0 Å². The van der Waals surface area contributed by atoms with E-state index in [0.717, 1.165) is 103 Å². The number of unbranched alkanes of at least 4 members (excludes halogenated alkanes) is 34. The second-order valence-corrected chi connectivity index (χ2v) is 25.1. The summed E-state index contributed by atoms with van der Waals surface area (Å²) in [6.45, 7) is 6.99. The molecular weight excluding hydrogens is 1000 g/mol. The fraction of sp³-hybridized carbons (Fsp3) is 0.797. The standard InChI is InChI=1S/C69H127N2O7P/c1-7-10-13-16-19-22-25-28-30-32-33-34-35-36-37-39-40-43-46-49-52-55-58-61-68(72)70-66(65-77-79(74,75)76-64-63-71(4,5)6)67(60-57-54-51-48-45-42-27-24-21-18-15-12-9-3)78-69(73)62-59-56-53-50-47-44-41-38-31-29-26-23-20-17-14-11-8-2/h19,22,28-31,33-34,36-37,57,60,66-67H,7-18,20-21,23-27,32,35,38-56,58-59,61-65H2,1-6H3,(H-,70,72,74,75)/p+1/b22-19-,30-28-,31-29+,34-33-,37-36-,60-57-. The maximum absolute atomic E-state index is 13.6. The highest BCUT2D eigenvalue weighted by atomic mass is 31.2. The van der Waals surface area contributed by atoms with Crippen LogP contribution < -0.4 is 5.32 Å². The van der Waals surface area contributed by atoms with Crippen molar-refractivity contribution in [3.05, 3.63) is 72.9 Å². The molecule has 0 heterocycles. The summed E-state index contributed by atoms with van der Waals surface area (Å²) in [7, 11) is 1.49. The maximum atomic E-state index is 13.6. The molecule has 0 radical (unpaired) electrons. The number of allylic oxidation sites excluding steroid dienone is 11. The van der Waals surface area contributed by atoms with Crippen LogP contribution in [0.1, 0.15) is 303 Å². The third-order valence-corrected chi connectivity index (χ3v) is 15.6. The number of likely N-dealkylation sites (N-methyl/N-ethyl adjacent to an activating group) is 1. The van der Waals surface area contributed by atoms with Gasteiger partial charge in [-0.3, -0.25) is 18.6 Å². The van der Waals surface area contributed by atoms with Crippen molar-refractivity contribution in [2.75, 3.05) is 40.9 Å². The van der Waals surface area contributed by atoms with Crippen LogP contribution in [0.3, 0.4) is 0 Å². The van der Waals surface area contributed by atoms with Gasteiger partial charge in [0.15, 0.2) is 0 Å². The molecule has 10 heteroatoms. The largest absolute Gasteiger partial charge is 0.472 e. The predicted molar refractivity (Wildman–Crippen MR) is 341 cm³/mol. The van der Waals surface area contributed by atoms with E-state index < -0.39 is 20.0 Å². The molecule has 3 atom stereocenters. The molecule has 460 valence electrons. The monoisotopic (exact) mass is 1130 g/mol. The quantitative estimate of drug-likeness (QED) is 0.0205. The normalized spacial score (nSPS) is 14.1. The van der Waals surface area contributed by atoms with Gasteiger partial charge in [0.25, 0.3) is 0 Å². The molecule has 79 heavy (non-hydrogen) atoms. The molecule has 0 aliphatic carbocycles. The number of esters is 1. The molecule has 0 saturated carbocycles. The van der Waals surface area contributed by atoms with Crippen molar-refractivity contribution in [1.82, 2.24) is 5.32 Å². The van der Waals surface area contributed by atoms with Crippen molar-refractivity contribution in [3.8, 4) is 0 Å². The van der Waals surface area contributed by atoms with E-state index in [0.29, 0.717) is 17.4 Å². The zero-order chi connectivity index (χ0) is 57.9. The molecule has 3 unspecified atom stereocenters. The number of nitrogens with zero attached hydrogens (tertiary/aromatic N) is 1. The Morgan fingerprint density at radius 3 is 1.19 bits per heavy atom. The first-order chi connectivity index (χ1) is 38.4. The Hall–Kier alpha value is -2.55. The molecule has 0 spiro atoms. The summed E-state index contributed by atoms with van der Waals surface area (Å²) >= 11 is 0. The Balaban J connectivity index is 5.23. The van der Waals surface area contributed by atoms with Gasteiger partial charge in [-0.05, 0) is 102 Å². The van der Waals surface area contributed by atoms with E-state index in [1.54, 1.807) is 0 Å². The topological polar surface area (TPSA) is 111 Å². The molecule has 0 bridgehead atoms. The van der Waals surface area contributed by atoms with Gasteiger partial charge in [-0.15, -0.1) is 0 Å². The smallest absolute Gasteiger partial charge is 0.456 e. The number of hydrogen-bond acceptors (Lipinski definition) is 6. The van der Waals surface area contributed by atoms with Crippen LogP contribution in [0, 0.1) is 0 Å². The van der Waals surface area contributed by atoms with Crippen molar-refractivity contribution in [1.29, 1.82) is 0 Å². The first kappa shape index (κ1) is 76.5. The summed E-state index contributed by atoms with van der Waals surface area (Å²) < 4.78 is 30.8. The zero-order valence-electron chi connectivity index (χ0n) is 52.6. The minimum Gasteiger partial charge on any atom is -0.456 e. The van der Waals surface area contributed by atoms with E-state index in [9.17, 15) is 19.0 Å². The molecule has 0 fully saturated rings. The summed E-state index contributed by atoms with van der Waals surface area (Å²) in [6, 6.07) is -0.859. The van der Waals surface area contributed by atoms with Gasteiger partial charge in [-0.2, -0.15) is 0 Å². The van der Waals surface area contributed by atoms with E-state index in [1.807, 2.05) is 33.3 Å². The van der Waals surface area contributed by atoms with Crippen molar-refractivity contribution in [2.45, 2.75) is 315 Å². The Kier molecular flexibility index (Phi) is 56.7. The van der Waals surface area contributed by atoms with E-state index >= 15 is 0 Å². The lowest BCUT2D eigenvalue weighted by molar-refractivity contribution is -0.870. The van der Waals surface area contributed by atoms with Gasteiger partial charge in [0.05, 0.1) is 33.8 Å². The Bertz CT molecular complexity index is 1580. The van der Waals surface area contributed by atoms with Gasteiger partial charge in [0, 0.05) is 12.8 Å². The maximum Gasteiger partial charge on any atom is 0.472 e. The number of phosphoric ester groups is 1. The summed E-state index contributed by atoms with van der Waals surface area (Å²) in [5.41, 5.74) is 0. The number of carbonyl (C=O) groups excluding carboxylic acids is 2. The number of phosphoric acid groups is 1. The van der Waals surface area contributed by atoms with Crippen LogP contribution in [0.4, 0.5) is 0 Å². The molecule has 0 aliphatic rings. The first-order valence-electron chi connectivity index (χ1n) is 33.3. The van der Waals surface area contributed by atoms with Gasteiger partial charge in [-0.25, -0.2) is 4.57 Å². The molecule has 0 aromatic carbocycles.